The van der Waals surface area contributed by atoms with E-state index in [0.29, 0.717) is 12.8 Å². The second-order valence-corrected chi connectivity index (χ2v) is 3.11. The van der Waals surface area contributed by atoms with Crippen molar-refractivity contribution in [2.24, 2.45) is 0 Å². The molecule has 2 heteroatoms. The molecule has 2 atom stereocenters. The predicted octanol–water partition coefficient (Wildman–Crippen LogP) is 1.81. The van der Waals surface area contributed by atoms with E-state index in [9.17, 15) is 10.2 Å². The van der Waals surface area contributed by atoms with Crippen LogP contribution in [0.15, 0.2) is 37.0 Å². The largest absolute Gasteiger partial charge is 0.389 e. The highest BCUT2D eigenvalue weighted by Crippen LogP contribution is 2.08. The van der Waals surface area contributed by atoms with Gasteiger partial charge in [0.05, 0.1) is 12.2 Å². The molecule has 74 valence electrons. The minimum atomic E-state index is -0.521. The maximum atomic E-state index is 9.35. The molecule has 0 heterocycles. The highest BCUT2D eigenvalue weighted by Gasteiger charge is 2.02. The van der Waals surface area contributed by atoms with Gasteiger partial charge in [-0.05, 0) is 19.8 Å². The van der Waals surface area contributed by atoms with E-state index in [1.54, 1.807) is 12.2 Å². The van der Waals surface area contributed by atoms with Gasteiger partial charge in [-0.25, -0.2) is 0 Å². The third kappa shape index (κ3) is 6.31. The Bertz CT molecular complexity index is 194. The molecule has 0 aliphatic heterocycles. The van der Waals surface area contributed by atoms with Gasteiger partial charge in [0.25, 0.3) is 0 Å². The lowest BCUT2D eigenvalue weighted by Gasteiger charge is -2.07. The Kier molecular flexibility index (Phi) is 6.20. The molecule has 0 aromatic carbocycles. The van der Waals surface area contributed by atoms with Crippen LogP contribution in [0.2, 0.25) is 0 Å². The standard InChI is InChI=1S/C11H18O2/c1-4-6-11(13)8-9(3)7-10(12)5-2/h4-5,8,10-13H,1-2,6-7H2,3H3/b9-8+/t10-,11-/m1/s1. The Hall–Kier alpha value is -0.860. The molecule has 0 aromatic rings. The lowest BCUT2D eigenvalue weighted by Crippen LogP contribution is -2.05. The molecule has 0 bridgehead atoms. The highest BCUT2D eigenvalue weighted by molar-refractivity contribution is 5.06. The molecule has 0 aliphatic rings. The molecule has 13 heavy (non-hydrogen) atoms. The summed E-state index contributed by atoms with van der Waals surface area (Å²) in [6.07, 6.45) is 4.94. The van der Waals surface area contributed by atoms with Gasteiger partial charge in [0.15, 0.2) is 0 Å². The first-order chi connectivity index (χ1) is 6.10. The maximum Gasteiger partial charge on any atom is 0.0757 e. The van der Waals surface area contributed by atoms with Crippen molar-refractivity contribution in [3.8, 4) is 0 Å². The van der Waals surface area contributed by atoms with E-state index in [1.165, 1.54) is 6.08 Å². The molecule has 0 aliphatic carbocycles. The van der Waals surface area contributed by atoms with Gasteiger partial charge in [-0.3, -0.25) is 0 Å². The third-order valence-corrected chi connectivity index (χ3v) is 1.69. The molecule has 0 saturated heterocycles. The van der Waals surface area contributed by atoms with Gasteiger partial charge in [0.1, 0.15) is 0 Å². The highest BCUT2D eigenvalue weighted by atomic mass is 16.3. The van der Waals surface area contributed by atoms with Crippen LogP contribution in [0.3, 0.4) is 0 Å². The average Bonchev–Trinajstić information content (AvgIpc) is 2.04. The van der Waals surface area contributed by atoms with Crippen molar-refractivity contribution in [3.63, 3.8) is 0 Å². The van der Waals surface area contributed by atoms with Crippen molar-refractivity contribution in [2.45, 2.75) is 32.0 Å². The molecule has 0 spiro atoms. The van der Waals surface area contributed by atoms with Crippen LogP contribution in [-0.2, 0) is 0 Å². The molecule has 2 N–H and O–H groups in total. The van der Waals surface area contributed by atoms with Crippen LogP contribution in [0.1, 0.15) is 19.8 Å². The van der Waals surface area contributed by atoms with Crippen molar-refractivity contribution in [2.75, 3.05) is 0 Å². The van der Waals surface area contributed by atoms with Gasteiger partial charge in [-0.1, -0.05) is 23.8 Å². The summed E-state index contributed by atoms with van der Waals surface area (Å²) >= 11 is 0. The third-order valence-electron chi connectivity index (χ3n) is 1.69. The lowest BCUT2D eigenvalue weighted by atomic mass is 10.1. The molecule has 0 fully saturated rings. The second-order valence-electron chi connectivity index (χ2n) is 3.11. The fourth-order valence-corrected chi connectivity index (χ4v) is 1.05. The summed E-state index contributed by atoms with van der Waals surface area (Å²) in [5, 5.41) is 18.6. The van der Waals surface area contributed by atoms with Crippen molar-refractivity contribution < 1.29 is 10.2 Å². The van der Waals surface area contributed by atoms with E-state index in [1.807, 2.05) is 6.92 Å². The number of aliphatic hydroxyl groups is 2. The van der Waals surface area contributed by atoms with E-state index in [0.717, 1.165) is 5.57 Å². The van der Waals surface area contributed by atoms with Crippen LogP contribution in [-0.4, -0.2) is 22.4 Å². The van der Waals surface area contributed by atoms with Crippen molar-refractivity contribution in [3.05, 3.63) is 37.0 Å². The van der Waals surface area contributed by atoms with Crippen LogP contribution >= 0.6 is 0 Å². The van der Waals surface area contributed by atoms with Crippen LogP contribution in [0.25, 0.3) is 0 Å². The van der Waals surface area contributed by atoms with Gasteiger partial charge in [0.2, 0.25) is 0 Å². The smallest absolute Gasteiger partial charge is 0.0757 e. The van der Waals surface area contributed by atoms with Crippen LogP contribution in [0.4, 0.5) is 0 Å². The number of hydrogen-bond acceptors (Lipinski definition) is 2. The van der Waals surface area contributed by atoms with E-state index in [-0.39, 0.29) is 0 Å². The number of hydrogen-bond donors (Lipinski definition) is 2. The summed E-state index contributed by atoms with van der Waals surface area (Å²) in [6.45, 7) is 8.88. The van der Waals surface area contributed by atoms with Gasteiger partial charge in [0, 0.05) is 0 Å². The molecule has 0 saturated carbocycles. The molecule has 0 unspecified atom stereocenters. The SMILES string of the molecule is C=CC[C@@H](O)/C=C(\C)C[C@H](O)C=C. The summed E-state index contributed by atoms with van der Waals surface area (Å²) < 4.78 is 0. The monoisotopic (exact) mass is 182 g/mol. The number of rotatable bonds is 6. The van der Waals surface area contributed by atoms with Crippen LogP contribution in [0, 0.1) is 0 Å². The summed E-state index contributed by atoms with van der Waals surface area (Å²) in [5.74, 6) is 0. The van der Waals surface area contributed by atoms with Crippen LogP contribution in [0.5, 0.6) is 0 Å². The van der Waals surface area contributed by atoms with Crippen molar-refractivity contribution in [1.29, 1.82) is 0 Å². The van der Waals surface area contributed by atoms with E-state index in [2.05, 4.69) is 13.2 Å². The molecule has 0 aromatic heterocycles. The van der Waals surface area contributed by atoms with Gasteiger partial charge >= 0.3 is 0 Å². The Morgan fingerprint density at radius 1 is 1.31 bits per heavy atom. The van der Waals surface area contributed by atoms with Gasteiger partial charge in [-0.15, -0.1) is 13.2 Å². The Balaban J connectivity index is 3.99. The fourth-order valence-electron chi connectivity index (χ4n) is 1.05. The second kappa shape index (κ2) is 6.63. The zero-order valence-electron chi connectivity index (χ0n) is 8.11. The Morgan fingerprint density at radius 2 is 1.92 bits per heavy atom. The summed E-state index contributed by atoms with van der Waals surface area (Å²) in [4.78, 5) is 0. The molecule has 0 amide bonds. The predicted molar refractivity (Wildman–Crippen MR) is 55.4 cm³/mol. The lowest BCUT2D eigenvalue weighted by molar-refractivity contribution is 0.215. The van der Waals surface area contributed by atoms with E-state index < -0.39 is 12.2 Å². The topological polar surface area (TPSA) is 40.5 Å². The molecule has 2 nitrogen and oxygen atoms in total. The molecule has 0 radical (unpaired) electrons. The first-order valence-corrected chi connectivity index (χ1v) is 4.37. The average molecular weight is 182 g/mol. The van der Waals surface area contributed by atoms with Gasteiger partial charge in [-0.2, -0.15) is 0 Å². The fraction of sp³-hybridized carbons (Fsp3) is 0.455. The van der Waals surface area contributed by atoms with Crippen molar-refractivity contribution in [1.82, 2.24) is 0 Å². The number of aliphatic hydroxyl groups excluding tert-OH is 2. The van der Waals surface area contributed by atoms with Crippen molar-refractivity contribution >= 4 is 0 Å². The maximum absolute atomic E-state index is 9.35. The molecular weight excluding hydrogens is 164 g/mol. The first-order valence-electron chi connectivity index (χ1n) is 4.37. The Labute approximate surface area is 79.9 Å². The van der Waals surface area contributed by atoms with Crippen LogP contribution < -0.4 is 0 Å². The minimum Gasteiger partial charge on any atom is -0.389 e. The van der Waals surface area contributed by atoms with E-state index in [4.69, 9.17) is 0 Å². The zero-order valence-corrected chi connectivity index (χ0v) is 8.11. The Morgan fingerprint density at radius 3 is 2.38 bits per heavy atom. The summed E-state index contributed by atoms with van der Waals surface area (Å²) in [5.41, 5.74) is 0.960. The van der Waals surface area contributed by atoms with E-state index >= 15 is 0 Å². The molecular formula is C11H18O2. The zero-order chi connectivity index (χ0) is 10.3. The quantitative estimate of drug-likeness (QED) is 0.615. The normalized spacial score (nSPS) is 16.4. The summed E-state index contributed by atoms with van der Waals surface area (Å²) in [7, 11) is 0. The summed E-state index contributed by atoms with van der Waals surface area (Å²) in [6, 6.07) is 0. The first kappa shape index (κ1) is 12.1. The molecule has 0 rings (SSSR count). The minimum absolute atomic E-state index is 0.491. The van der Waals surface area contributed by atoms with Gasteiger partial charge < -0.3 is 10.2 Å².